The lowest BCUT2D eigenvalue weighted by molar-refractivity contribution is -0.128. The van der Waals surface area contributed by atoms with Crippen LogP contribution in [-0.4, -0.2) is 49.1 Å². The number of carbonyl (C=O) groups excluding carboxylic acids is 1. The van der Waals surface area contributed by atoms with E-state index in [9.17, 15) is 4.79 Å². The van der Waals surface area contributed by atoms with Gasteiger partial charge in [-0.1, -0.05) is 18.2 Å². The Kier molecular flexibility index (Phi) is 6.47. The molecule has 27 heavy (non-hydrogen) atoms. The van der Waals surface area contributed by atoms with Crippen molar-refractivity contribution in [2.45, 2.75) is 11.9 Å². The molecule has 2 aromatic rings. The number of aliphatic hydroxyl groups excluding tert-OH is 1. The molecule has 1 aliphatic rings. The second kappa shape index (κ2) is 9.01. The van der Waals surface area contributed by atoms with E-state index in [4.69, 9.17) is 19.3 Å². The monoisotopic (exact) mass is 389 g/mol. The van der Waals surface area contributed by atoms with Crippen LogP contribution in [0.1, 0.15) is 16.5 Å². The molecule has 1 unspecified atom stereocenters. The Labute approximate surface area is 163 Å². The third-order valence-corrected chi connectivity index (χ3v) is 5.54. The number of carbonyl (C=O) groups is 1. The van der Waals surface area contributed by atoms with Crippen LogP contribution >= 0.6 is 11.8 Å². The van der Waals surface area contributed by atoms with Gasteiger partial charge in [-0.2, -0.15) is 0 Å². The van der Waals surface area contributed by atoms with Crippen molar-refractivity contribution in [3.63, 3.8) is 0 Å². The van der Waals surface area contributed by atoms with Gasteiger partial charge in [0.1, 0.15) is 29.2 Å². The number of methoxy groups -OCH3 is 2. The van der Waals surface area contributed by atoms with Crippen LogP contribution in [0.2, 0.25) is 0 Å². The first kappa shape index (κ1) is 19.4. The number of benzene rings is 2. The van der Waals surface area contributed by atoms with Crippen LogP contribution in [0, 0.1) is 0 Å². The molecule has 144 valence electrons. The number of amides is 1. The number of ether oxygens (including phenoxy) is 3. The second-order valence-corrected chi connectivity index (χ2v) is 7.05. The van der Waals surface area contributed by atoms with Crippen LogP contribution in [0.25, 0.3) is 0 Å². The van der Waals surface area contributed by atoms with Crippen LogP contribution in [0.4, 0.5) is 0 Å². The minimum absolute atomic E-state index is 0.0241. The van der Waals surface area contributed by atoms with Crippen LogP contribution in [0.5, 0.6) is 17.2 Å². The van der Waals surface area contributed by atoms with Crippen molar-refractivity contribution >= 4 is 17.7 Å². The van der Waals surface area contributed by atoms with Gasteiger partial charge >= 0.3 is 0 Å². The first-order valence-corrected chi connectivity index (χ1v) is 9.67. The summed E-state index contributed by atoms with van der Waals surface area (Å²) in [7, 11) is 3.24. The van der Waals surface area contributed by atoms with E-state index in [1.807, 2.05) is 47.4 Å². The maximum atomic E-state index is 12.5. The van der Waals surface area contributed by atoms with Gasteiger partial charge in [0.15, 0.2) is 0 Å². The first-order valence-electron chi connectivity index (χ1n) is 8.62. The fourth-order valence-corrected chi connectivity index (χ4v) is 4.28. The molecule has 1 aliphatic heterocycles. The average Bonchev–Trinajstić information content (AvgIpc) is 3.06. The molecule has 0 spiro atoms. The van der Waals surface area contributed by atoms with Crippen molar-refractivity contribution in [2.24, 2.45) is 0 Å². The van der Waals surface area contributed by atoms with E-state index in [0.29, 0.717) is 29.5 Å². The molecule has 1 N–H and O–H groups in total. The molecule has 1 heterocycles. The maximum absolute atomic E-state index is 12.5. The van der Waals surface area contributed by atoms with E-state index < -0.39 is 0 Å². The predicted molar refractivity (Wildman–Crippen MR) is 104 cm³/mol. The third-order valence-electron chi connectivity index (χ3n) is 4.32. The number of thioether (sulfide) groups is 1. The smallest absolute Gasteiger partial charge is 0.234 e. The normalized spacial score (nSPS) is 16.5. The van der Waals surface area contributed by atoms with Gasteiger partial charge in [0.05, 0.1) is 32.1 Å². The fraction of sp³-hybridized carbons (Fsp3) is 0.350. The van der Waals surface area contributed by atoms with E-state index in [2.05, 4.69) is 0 Å². The van der Waals surface area contributed by atoms with Gasteiger partial charge < -0.3 is 24.2 Å². The number of nitrogens with zero attached hydrogens (tertiary/aromatic N) is 1. The van der Waals surface area contributed by atoms with Crippen molar-refractivity contribution < 1.29 is 24.1 Å². The lowest BCUT2D eigenvalue weighted by Crippen LogP contribution is -2.28. The minimum atomic E-state index is -0.172. The second-order valence-electron chi connectivity index (χ2n) is 5.98. The summed E-state index contributed by atoms with van der Waals surface area (Å²) in [6.45, 7) is 0.720. The summed E-state index contributed by atoms with van der Waals surface area (Å²) in [6.07, 6.45) is 0. The van der Waals surface area contributed by atoms with Crippen LogP contribution in [0.15, 0.2) is 42.5 Å². The first-order chi connectivity index (χ1) is 13.2. The number of aliphatic hydroxyl groups is 1. The SMILES string of the molecule is COc1cccc(OC)c1C1SCC(=O)N1Cc1ccc(OCCO)cc1. The average molecular weight is 389 g/mol. The molecule has 1 atom stereocenters. The highest BCUT2D eigenvalue weighted by atomic mass is 32.2. The molecular weight excluding hydrogens is 366 g/mol. The Morgan fingerprint density at radius 1 is 1.11 bits per heavy atom. The highest BCUT2D eigenvalue weighted by molar-refractivity contribution is 8.00. The molecule has 1 amide bonds. The Hall–Kier alpha value is -2.38. The Bertz CT molecular complexity index is 758. The van der Waals surface area contributed by atoms with Crippen LogP contribution < -0.4 is 14.2 Å². The highest BCUT2D eigenvalue weighted by Crippen LogP contribution is 2.47. The van der Waals surface area contributed by atoms with Gasteiger partial charge in [-0.15, -0.1) is 11.8 Å². The van der Waals surface area contributed by atoms with Crippen LogP contribution in [-0.2, 0) is 11.3 Å². The van der Waals surface area contributed by atoms with E-state index in [1.165, 1.54) is 0 Å². The molecular formula is C20H23NO5S. The third kappa shape index (κ3) is 4.31. The zero-order valence-corrected chi connectivity index (χ0v) is 16.2. The number of hydrogen-bond donors (Lipinski definition) is 1. The molecule has 2 aromatic carbocycles. The molecule has 1 saturated heterocycles. The molecule has 6 nitrogen and oxygen atoms in total. The molecule has 3 rings (SSSR count). The topological polar surface area (TPSA) is 68.2 Å². The van der Waals surface area contributed by atoms with Gasteiger partial charge in [0.25, 0.3) is 0 Å². The van der Waals surface area contributed by atoms with Gasteiger partial charge in [0.2, 0.25) is 5.91 Å². The molecule has 0 saturated carbocycles. The zero-order chi connectivity index (χ0) is 19.2. The highest BCUT2D eigenvalue weighted by Gasteiger charge is 2.36. The molecule has 1 fully saturated rings. The lowest BCUT2D eigenvalue weighted by atomic mass is 10.1. The lowest BCUT2D eigenvalue weighted by Gasteiger charge is -2.27. The summed E-state index contributed by atoms with van der Waals surface area (Å²) in [5, 5.41) is 8.66. The van der Waals surface area contributed by atoms with Gasteiger partial charge in [-0.05, 0) is 29.8 Å². The molecule has 7 heteroatoms. The molecule has 0 radical (unpaired) electrons. The van der Waals surface area contributed by atoms with E-state index in [0.717, 1.165) is 11.1 Å². The van der Waals surface area contributed by atoms with E-state index >= 15 is 0 Å². The quantitative estimate of drug-likeness (QED) is 0.749. The minimum Gasteiger partial charge on any atom is -0.496 e. The molecule has 0 aromatic heterocycles. The van der Waals surface area contributed by atoms with Gasteiger partial charge in [-0.25, -0.2) is 0 Å². The Morgan fingerprint density at radius 3 is 2.37 bits per heavy atom. The summed E-state index contributed by atoms with van der Waals surface area (Å²) < 4.78 is 16.4. The van der Waals surface area contributed by atoms with E-state index in [-0.39, 0.29) is 24.5 Å². The number of rotatable bonds is 8. The summed E-state index contributed by atoms with van der Waals surface area (Å²) in [5.41, 5.74) is 1.88. The van der Waals surface area contributed by atoms with Gasteiger partial charge in [-0.3, -0.25) is 4.79 Å². The molecule has 0 aliphatic carbocycles. The summed E-state index contributed by atoms with van der Waals surface area (Å²) in [6, 6.07) is 13.2. The van der Waals surface area contributed by atoms with Crippen molar-refractivity contribution in [2.75, 3.05) is 33.2 Å². The fourth-order valence-electron chi connectivity index (χ4n) is 3.04. The molecule has 0 bridgehead atoms. The predicted octanol–water partition coefficient (Wildman–Crippen LogP) is 2.85. The van der Waals surface area contributed by atoms with E-state index in [1.54, 1.807) is 26.0 Å². The van der Waals surface area contributed by atoms with Crippen molar-refractivity contribution in [3.05, 3.63) is 53.6 Å². The summed E-state index contributed by atoms with van der Waals surface area (Å²) in [5.74, 6) is 2.61. The maximum Gasteiger partial charge on any atom is 0.234 e. The van der Waals surface area contributed by atoms with Gasteiger partial charge in [0, 0.05) is 6.54 Å². The Morgan fingerprint density at radius 2 is 1.78 bits per heavy atom. The standard InChI is InChI=1S/C20H23NO5S/c1-24-16-4-3-5-17(25-2)19(16)20-21(18(23)13-27-20)12-14-6-8-15(9-7-14)26-11-10-22/h3-9,20,22H,10-13H2,1-2H3. The summed E-state index contributed by atoms with van der Waals surface area (Å²) >= 11 is 1.57. The zero-order valence-electron chi connectivity index (χ0n) is 15.4. The summed E-state index contributed by atoms with van der Waals surface area (Å²) in [4.78, 5) is 14.4. The van der Waals surface area contributed by atoms with Crippen molar-refractivity contribution in [1.29, 1.82) is 0 Å². The largest absolute Gasteiger partial charge is 0.496 e. The van der Waals surface area contributed by atoms with Crippen molar-refractivity contribution in [1.82, 2.24) is 4.90 Å². The Balaban J connectivity index is 1.83. The van der Waals surface area contributed by atoms with Crippen LogP contribution in [0.3, 0.4) is 0 Å². The number of hydrogen-bond acceptors (Lipinski definition) is 6. The van der Waals surface area contributed by atoms with Crippen molar-refractivity contribution in [3.8, 4) is 17.2 Å².